The van der Waals surface area contributed by atoms with E-state index in [9.17, 15) is 18.0 Å². The Hall–Kier alpha value is -2.72. The first-order valence-corrected chi connectivity index (χ1v) is 9.54. The normalized spacial score (nSPS) is 24.7. The van der Waals surface area contributed by atoms with E-state index in [2.05, 4.69) is 25.8 Å². The minimum Gasteiger partial charge on any atom is -0.329 e. The van der Waals surface area contributed by atoms with Gasteiger partial charge in [-0.1, -0.05) is 0 Å². The highest BCUT2D eigenvalue weighted by molar-refractivity contribution is 5.77. The summed E-state index contributed by atoms with van der Waals surface area (Å²) >= 11 is 0. The number of fused-ring (bicyclic) bond motifs is 2. The molecule has 1 saturated heterocycles. The van der Waals surface area contributed by atoms with Gasteiger partial charge >= 0.3 is 6.18 Å². The molecule has 0 radical (unpaired) electrons. The zero-order valence-electron chi connectivity index (χ0n) is 15.3. The van der Waals surface area contributed by atoms with Crippen molar-refractivity contribution in [3.05, 3.63) is 46.5 Å². The van der Waals surface area contributed by atoms with Crippen LogP contribution >= 0.6 is 0 Å². The van der Waals surface area contributed by atoms with Crippen LogP contribution in [0.3, 0.4) is 0 Å². The van der Waals surface area contributed by atoms with Crippen molar-refractivity contribution in [3.63, 3.8) is 0 Å². The van der Waals surface area contributed by atoms with Crippen LogP contribution in [-0.4, -0.2) is 32.1 Å². The number of hydrogen-bond donors (Lipinski definition) is 3. The van der Waals surface area contributed by atoms with Crippen LogP contribution in [0, 0.1) is 5.92 Å². The van der Waals surface area contributed by atoms with E-state index in [4.69, 9.17) is 0 Å². The van der Waals surface area contributed by atoms with E-state index >= 15 is 0 Å². The van der Waals surface area contributed by atoms with Crippen molar-refractivity contribution in [2.75, 3.05) is 6.54 Å². The highest BCUT2D eigenvalue weighted by atomic mass is 19.4. The third kappa shape index (κ3) is 3.22. The molecule has 1 aliphatic carbocycles. The summed E-state index contributed by atoms with van der Waals surface area (Å²) in [5, 5.41) is 0. The Morgan fingerprint density at radius 1 is 1.14 bits per heavy atom. The highest BCUT2D eigenvalue weighted by Crippen LogP contribution is 2.39. The molecule has 0 spiro atoms. The van der Waals surface area contributed by atoms with Crippen LogP contribution < -0.4 is 16.4 Å². The number of nitrogens with one attached hydrogen (secondary N) is 3. The molecule has 29 heavy (non-hydrogen) atoms. The molecule has 2 aliphatic rings. The van der Waals surface area contributed by atoms with Crippen molar-refractivity contribution in [2.24, 2.45) is 5.92 Å². The van der Waals surface area contributed by atoms with Crippen LogP contribution in [0.2, 0.25) is 0 Å². The second kappa shape index (κ2) is 6.67. The first-order valence-electron chi connectivity index (χ1n) is 9.54. The zero-order valence-corrected chi connectivity index (χ0v) is 15.3. The van der Waals surface area contributed by atoms with Crippen molar-refractivity contribution >= 4 is 11.2 Å². The molecule has 3 unspecified atom stereocenters. The number of rotatable bonds is 2. The fraction of sp³-hybridized carbons (Fsp3) is 0.421. The van der Waals surface area contributed by atoms with Crippen LogP contribution in [0.1, 0.15) is 31.0 Å². The van der Waals surface area contributed by atoms with Gasteiger partial charge in [0.25, 0.3) is 0 Å². The number of aromatic nitrogens is 4. The predicted octanol–water partition coefficient (Wildman–Crippen LogP) is 2.62. The molecule has 7 nitrogen and oxygen atoms in total. The van der Waals surface area contributed by atoms with Gasteiger partial charge in [-0.25, -0.2) is 9.97 Å². The average molecular weight is 404 g/mol. The number of nitrogens with zero attached hydrogens (tertiary/aromatic N) is 3. The summed E-state index contributed by atoms with van der Waals surface area (Å²) in [5.74, 6) is 0.851. The maximum atomic E-state index is 13.3. The van der Waals surface area contributed by atoms with Crippen molar-refractivity contribution in [3.8, 4) is 11.4 Å². The molecule has 0 amide bonds. The van der Waals surface area contributed by atoms with Gasteiger partial charge in [0.1, 0.15) is 17.0 Å². The topological polar surface area (TPSA) is 87.6 Å². The molecule has 5 rings (SSSR count). The largest absolute Gasteiger partial charge is 0.433 e. The summed E-state index contributed by atoms with van der Waals surface area (Å²) < 4.78 is 41.7. The van der Waals surface area contributed by atoms with Gasteiger partial charge in [-0.2, -0.15) is 13.2 Å². The molecule has 3 aromatic heterocycles. The molecule has 0 aromatic carbocycles. The molecule has 1 saturated carbocycles. The Bertz CT molecular complexity index is 1120. The number of halogens is 3. The Labute approximate surface area is 163 Å². The van der Waals surface area contributed by atoms with E-state index in [1.165, 1.54) is 18.3 Å². The van der Waals surface area contributed by atoms with Crippen LogP contribution in [0.25, 0.3) is 22.6 Å². The summed E-state index contributed by atoms with van der Waals surface area (Å²) in [6, 6.07) is 5.72. The monoisotopic (exact) mass is 404 g/mol. The molecular weight excluding hydrogens is 385 g/mol. The van der Waals surface area contributed by atoms with E-state index in [0.717, 1.165) is 31.9 Å². The van der Waals surface area contributed by atoms with Crippen LogP contribution in [0.15, 0.2) is 35.3 Å². The minimum atomic E-state index is -4.54. The summed E-state index contributed by atoms with van der Waals surface area (Å²) in [4.78, 5) is 22.9. The highest BCUT2D eigenvalue weighted by Gasteiger charge is 2.37. The van der Waals surface area contributed by atoms with Gasteiger partial charge in [0.05, 0.1) is 0 Å². The Morgan fingerprint density at radius 2 is 2.00 bits per heavy atom. The first-order chi connectivity index (χ1) is 13.9. The Balaban J connectivity index is 1.69. The maximum absolute atomic E-state index is 13.3. The van der Waals surface area contributed by atoms with E-state index in [1.807, 2.05) is 0 Å². The van der Waals surface area contributed by atoms with E-state index in [-0.39, 0.29) is 17.2 Å². The lowest BCUT2D eigenvalue weighted by atomic mass is 9.82. The molecule has 3 atom stereocenters. The zero-order chi connectivity index (χ0) is 20.2. The lowest BCUT2D eigenvalue weighted by molar-refractivity contribution is -0.141. The quantitative estimate of drug-likeness (QED) is 0.611. The van der Waals surface area contributed by atoms with E-state index in [1.54, 1.807) is 10.6 Å². The molecule has 152 valence electrons. The SMILES string of the molecule is O=c1cc(-c2nc3ccc(C(F)(F)F)nc3n2C2CCC3NNCC3C2)cc[nH]1. The summed E-state index contributed by atoms with van der Waals surface area (Å²) in [7, 11) is 0. The smallest absolute Gasteiger partial charge is 0.329 e. The standard InChI is InChI=1S/C19H19F3N6O/c20-19(21,22)15-4-3-14-18(26-15)28(12-1-2-13-11(7-12)9-24-27-13)17(25-14)10-5-6-23-16(29)8-10/h3-6,8,11-13,24,27H,1-2,7,9H2,(H,23,29). The molecule has 3 aromatic rings. The lowest BCUT2D eigenvalue weighted by Crippen LogP contribution is -2.36. The van der Waals surface area contributed by atoms with Crippen molar-refractivity contribution in [2.45, 2.75) is 37.5 Å². The third-order valence-corrected chi connectivity index (χ3v) is 5.83. The Kier molecular flexibility index (Phi) is 4.21. The van der Waals surface area contributed by atoms with Gasteiger partial charge in [-0.05, 0) is 43.4 Å². The molecular formula is C19H19F3N6O. The number of aromatic amines is 1. The average Bonchev–Trinajstić information content (AvgIpc) is 3.30. The molecule has 1 aliphatic heterocycles. The van der Waals surface area contributed by atoms with E-state index < -0.39 is 11.9 Å². The summed E-state index contributed by atoms with van der Waals surface area (Å²) in [6.45, 7) is 0.815. The fourth-order valence-corrected chi connectivity index (χ4v) is 4.48. The lowest BCUT2D eigenvalue weighted by Gasteiger charge is -2.32. The van der Waals surface area contributed by atoms with Crippen LogP contribution in [0.5, 0.6) is 0 Å². The number of imidazole rings is 1. The number of H-pyrrole nitrogens is 1. The number of alkyl halides is 3. The van der Waals surface area contributed by atoms with Gasteiger partial charge in [-0.3, -0.25) is 15.6 Å². The van der Waals surface area contributed by atoms with Gasteiger partial charge in [-0.15, -0.1) is 0 Å². The summed E-state index contributed by atoms with van der Waals surface area (Å²) in [5.41, 5.74) is 6.34. The van der Waals surface area contributed by atoms with Crippen molar-refractivity contribution in [1.29, 1.82) is 0 Å². The number of pyridine rings is 2. The van der Waals surface area contributed by atoms with Gasteiger partial charge in [0.2, 0.25) is 5.56 Å². The predicted molar refractivity (Wildman–Crippen MR) is 99.9 cm³/mol. The molecule has 2 fully saturated rings. The van der Waals surface area contributed by atoms with Gasteiger partial charge < -0.3 is 9.55 Å². The van der Waals surface area contributed by atoms with Crippen molar-refractivity contribution in [1.82, 2.24) is 30.4 Å². The van der Waals surface area contributed by atoms with E-state index in [0.29, 0.717) is 28.9 Å². The third-order valence-electron chi connectivity index (χ3n) is 5.83. The number of hydrogen-bond acceptors (Lipinski definition) is 5. The van der Waals surface area contributed by atoms with Gasteiger partial charge in [0.15, 0.2) is 5.65 Å². The van der Waals surface area contributed by atoms with Crippen LogP contribution in [0.4, 0.5) is 13.2 Å². The molecule has 10 heteroatoms. The second-order valence-electron chi connectivity index (χ2n) is 7.64. The van der Waals surface area contributed by atoms with Gasteiger partial charge in [0, 0.05) is 36.5 Å². The second-order valence-corrected chi connectivity index (χ2v) is 7.64. The minimum absolute atomic E-state index is 0.0479. The molecule has 4 heterocycles. The maximum Gasteiger partial charge on any atom is 0.433 e. The first kappa shape index (κ1) is 18.3. The fourth-order valence-electron chi connectivity index (χ4n) is 4.48. The van der Waals surface area contributed by atoms with Crippen molar-refractivity contribution < 1.29 is 13.2 Å². The van der Waals surface area contributed by atoms with Crippen LogP contribution in [-0.2, 0) is 6.18 Å². The Morgan fingerprint density at radius 3 is 2.79 bits per heavy atom. The molecule has 3 N–H and O–H groups in total. The summed E-state index contributed by atoms with van der Waals surface area (Å²) in [6.07, 6.45) is -0.544. The number of hydrazine groups is 1. The molecule has 0 bridgehead atoms.